The molecule has 1 saturated heterocycles. The van der Waals surface area contributed by atoms with Crippen LogP contribution in [0.25, 0.3) is 0 Å². The zero-order valence-corrected chi connectivity index (χ0v) is 12.8. The van der Waals surface area contributed by atoms with Crippen LogP contribution in [0.2, 0.25) is 0 Å². The Bertz CT molecular complexity index is 362. The summed E-state index contributed by atoms with van der Waals surface area (Å²) in [6, 6.07) is 9.05. The number of rotatable bonds is 5. The molecule has 1 fully saturated rings. The molecule has 1 unspecified atom stereocenters. The van der Waals surface area contributed by atoms with E-state index in [1.54, 1.807) is 0 Å². The van der Waals surface area contributed by atoms with Gasteiger partial charge >= 0.3 is 0 Å². The van der Waals surface area contributed by atoms with E-state index >= 15 is 0 Å². The Balaban J connectivity index is 0.00000180. The number of para-hydroxylation sites is 1. The summed E-state index contributed by atoms with van der Waals surface area (Å²) in [4.78, 5) is 0. The Labute approximate surface area is 123 Å². The number of ether oxygens (including phenoxy) is 1. The van der Waals surface area contributed by atoms with Gasteiger partial charge in [-0.25, -0.2) is 0 Å². The Hall–Kier alpha value is -0.730. The van der Waals surface area contributed by atoms with Gasteiger partial charge in [0.1, 0.15) is 5.75 Å². The van der Waals surface area contributed by atoms with Crippen molar-refractivity contribution in [3.8, 4) is 5.75 Å². The monoisotopic (exact) mass is 283 g/mol. The van der Waals surface area contributed by atoms with Gasteiger partial charge in [0.05, 0.1) is 6.61 Å². The molecule has 0 bridgehead atoms. The van der Waals surface area contributed by atoms with Crippen molar-refractivity contribution in [2.24, 2.45) is 0 Å². The van der Waals surface area contributed by atoms with Gasteiger partial charge in [-0.2, -0.15) is 0 Å². The summed E-state index contributed by atoms with van der Waals surface area (Å²) in [6.07, 6.45) is 5.11. The number of halogens is 1. The molecule has 1 aromatic carbocycles. The molecule has 0 radical (unpaired) electrons. The average Bonchev–Trinajstić information content (AvgIpc) is 2.40. The third-order valence-corrected chi connectivity index (χ3v) is 3.68. The van der Waals surface area contributed by atoms with Crippen LogP contribution >= 0.6 is 12.4 Å². The van der Waals surface area contributed by atoms with Gasteiger partial charge in [0, 0.05) is 6.04 Å². The fourth-order valence-electron chi connectivity index (χ4n) is 2.57. The summed E-state index contributed by atoms with van der Waals surface area (Å²) < 4.78 is 5.96. The molecule has 0 aromatic heterocycles. The van der Waals surface area contributed by atoms with Crippen LogP contribution in [0.4, 0.5) is 0 Å². The summed E-state index contributed by atoms with van der Waals surface area (Å²) in [6.45, 7) is 6.42. The summed E-state index contributed by atoms with van der Waals surface area (Å²) in [5.74, 6) is 1.58. The van der Waals surface area contributed by atoms with Crippen LogP contribution in [0.3, 0.4) is 0 Å². The number of benzene rings is 1. The van der Waals surface area contributed by atoms with E-state index in [-0.39, 0.29) is 12.4 Å². The lowest BCUT2D eigenvalue weighted by Gasteiger charge is -2.23. The SMILES string of the molecule is CC(C)c1ccccc1OCCC1CCCCN1.Cl. The lowest BCUT2D eigenvalue weighted by Crippen LogP contribution is -2.35. The molecule has 0 aliphatic carbocycles. The molecule has 0 amide bonds. The molecule has 2 nitrogen and oxygen atoms in total. The molecule has 19 heavy (non-hydrogen) atoms. The Kier molecular flexibility index (Phi) is 7.25. The van der Waals surface area contributed by atoms with Crippen LogP contribution in [0.5, 0.6) is 5.75 Å². The molecular weight excluding hydrogens is 258 g/mol. The Morgan fingerprint density at radius 1 is 1.26 bits per heavy atom. The van der Waals surface area contributed by atoms with Crippen LogP contribution in [-0.4, -0.2) is 19.2 Å². The third-order valence-electron chi connectivity index (χ3n) is 3.68. The predicted molar refractivity (Wildman–Crippen MR) is 83.5 cm³/mol. The van der Waals surface area contributed by atoms with Crippen LogP contribution in [0.15, 0.2) is 24.3 Å². The molecule has 1 aliphatic heterocycles. The molecule has 108 valence electrons. The standard InChI is InChI=1S/C16H25NO.ClH/c1-13(2)15-8-3-4-9-16(15)18-12-10-14-7-5-6-11-17-14;/h3-4,8-9,13-14,17H,5-7,10-12H2,1-2H3;1H. The van der Waals surface area contributed by atoms with Gasteiger partial charge in [-0.05, 0) is 43.4 Å². The van der Waals surface area contributed by atoms with E-state index in [4.69, 9.17) is 4.74 Å². The number of hydrogen-bond donors (Lipinski definition) is 1. The fraction of sp³-hybridized carbons (Fsp3) is 0.625. The lowest BCUT2D eigenvalue weighted by molar-refractivity contribution is 0.265. The van der Waals surface area contributed by atoms with Gasteiger partial charge in [0.2, 0.25) is 0 Å². The van der Waals surface area contributed by atoms with Gasteiger partial charge in [0.25, 0.3) is 0 Å². The number of piperidine rings is 1. The third kappa shape index (κ3) is 5.04. The maximum atomic E-state index is 5.96. The quantitative estimate of drug-likeness (QED) is 0.877. The molecule has 0 spiro atoms. The highest BCUT2D eigenvalue weighted by Crippen LogP contribution is 2.26. The second kappa shape index (κ2) is 8.44. The molecule has 1 heterocycles. The minimum Gasteiger partial charge on any atom is -0.493 e. The molecule has 1 aromatic rings. The first-order chi connectivity index (χ1) is 8.77. The van der Waals surface area contributed by atoms with E-state index in [0.29, 0.717) is 12.0 Å². The maximum absolute atomic E-state index is 5.96. The van der Waals surface area contributed by atoms with Crippen molar-refractivity contribution >= 4 is 12.4 Å². The van der Waals surface area contributed by atoms with E-state index < -0.39 is 0 Å². The average molecular weight is 284 g/mol. The normalized spacial score (nSPS) is 19.0. The second-order valence-electron chi connectivity index (χ2n) is 5.48. The maximum Gasteiger partial charge on any atom is 0.122 e. The van der Waals surface area contributed by atoms with Crippen molar-refractivity contribution in [1.29, 1.82) is 0 Å². The topological polar surface area (TPSA) is 21.3 Å². The first kappa shape index (κ1) is 16.3. The van der Waals surface area contributed by atoms with Crippen LogP contribution in [0, 0.1) is 0 Å². The zero-order valence-electron chi connectivity index (χ0n) is 12.0. The number of nitrogens with one attached hydrogen (secondary N) is 1. The lowest BCUT2D eigenvalue weighted by atomic mass is 10.0. The molecule has 1 N–H and O–H groups in total. The van der Waals surface area contributed by atoms with E-state index in [9.17, 15) is 0 Å². The Morgan fingerprint density at radius 3 is 2.74 bits per heavy atom. The second-order valence-corrected chi connectivity index (χ2v) is 5.48. The Morgan fingerprint density at radius 2 is 2.05 bits per heavy atom. The highest BCUT2D eigenvalue weighted by atomic mass is 35.5. The first-order valence-corrected chi connectivity index (χ1v) is 7.22. The van der Waals surface area contributed by atoms with Gasteiger partial charge in [-0.3, -0.25) is 0 Å². The van der Waals surface area contributed by atoms with E-state index in [1.165, 1.54) is 31.4 Å². The fourth-order valence-corrected chi connectivity index (χ4v) is 2.57. The molecular formula is C16H26ClNO. The molecule has 0 saturated carbocycles. The van der Waals surface area contributed by atoms with Crippen molar-refractivity contribution in [3.05, 3.63) is 29.8 Å². The summed E-state index contributed by atoms with van der Waals surface area (Å²) >= 11 is 0. The zero-order chi connectivity index (χ0) is 12.8. The van der Waals surface area contributed by atoms with E-state index in [0.717, 1.165) is 18.8 Å². The van der Waals surface area contributed by atoms with Crippen LogP contribution in [0.1, 0.15) is 51.0 Å². The van der Waals surface area contributed by atoms with Crippen molar-refractivity contribution < 1.29 is 4.74 Å². The van der Waals surface area contributed by atoms with Crippen molar-refractivity contribution in [2.45, 2.75) is 51.5 Å². The predicted octanol–water partition coefficient (Wildman–Crippen LogP) is 4.14. The minimum atomic E-state index is 0. The van der Waals surface area contributed by atoms with Gasteiger partial charge in [0.15, 0.2) is 0 Å². The molecule has 2 rings (SSSR count). The molecule has 3 heteroatoms. The largest absolute Gasteiger partial charge is 0.493 e. The van der Waals surface area contributed by atoms with Crippen LogP contribution < -0.4 is 10.1 Å². The summed E-state index contributed by atoms with van der Waals surface area (Å²) in [7, 11) is 0. The highest BCUT2D eigenvalue weighted by molar-refractivity contribution is 5.85. The van der Waals surface area contributed by atoms with E-state index in [2.05, 4.69) is 43.4 Å². The first-order valence-electron chi connectivity index (χ1n) is 7.22. The van der Waals surface area contributed by atoms with Gasteiger partial charge in [-0.15, -0.1) is 12.4 Å². The molecule has 1 aliphatic rings. The number of hydrogen-bond acceptors (Lipinski definition) is 2. The smallest absolute Gasteiger partial charge is 0.122 e. The van der Waals surface area contributed by atoms with Gasteiger partial charge < -0.3 is 10.1 Å². The highest BCUT2D eigenvalue weighted by Gasteiger charge is 2.13. The van der Waals surface area contributed by atoms with E-state index in [1.807, 2.05) is 0 Å². The van der Waals surface area contributed by atoms with Crippen molar-refractivity contribution in [1.82, 2.24) is 5.32 Å². The molecule has 1 atom stereocenters. The van der Waals surface area contributed by atoms with Crippen molar-refractivity contribution in [3.63, 3.8) is 0 Å². The van der Waals surface area contributed by atoms with Crippen LogP contribution in [-0.2, 0) is 0 Å². The van der Waals surface area contributed by atoms with Gasteiger partial charge in [-0.1, -0.05) is 38.5 Å². The minimum absolute atomic E-state index is 0. The summed E-state index contributed by atoms with van der Waals surface area (Å²) in [5.41, 5.74) is 1.31. The summed E-state index contributed by atoms with van der Waals surface area (Å²) in [5, 5.41) is 3.56. The van der Waals surface area contributed by atoms with Crippen molar-refractivity contribution in [2.75, 3.05) is 13.2 Å².